The topological polar surface area (TPSA) is 95.9 Å². The molecule has 7 heteroatoms. The van der Waals surface area contributed by atoms with Gasteiger partial charge in [0, 0.05) is 11.6 Å². The van der Waals surface area contributed by atoms with Crippen molar-refractivity contribution in [3.8, 4) is 0 Å². The first-order valence-corrected chi connectivity index (χ1v) is 9.36. The van der Waals surface area contributed by atoms with Gasteiger partial charge in [0.25, 0.3) is 0 Å². The second kappa shape index (κ2) is 8.34. The van der Waals surface area contributed by atoms with Crippen LogP contribution in [0.3, 0.4) is 0 Å². The number of anilines is 1. The molecule has 0 bridgehead atoms. The van der Waals surface area contributed by atoms with Gasteiger partial charge in [-0.3, -0.25) is 4.79 Å². The van der Waals surface area contributed by atoms with Crippen LogP contribution < -0.4 is 5.32 Å². The smallest absolute Gasteiger partial charge is 0.326 e. The van der Waals surface area contributed by atoms with E-state index in [1.54, 1.807) is 43.3 Å². The third-order valence-electron chi connectivity index (χ3n) is 5.41. The highest BCUT2D eigenvalue weighted by Crippen LogP contribution is 2.45. The lowest BCUT2D eigenvalue weighted by molar-refractivity contribution is -0.147. The number of methoxy groups -OCH3 is 1. The molecular formula is C22H24N2O5. The third kappa shape index (κ3) is 3.94. The molecule has 152 valence electrons. The highest BCUT2D eigenvalue weighted by Gasteiger charge is 2.56. The van der Waals surface area contributed by atoms with E-state index in [2.05, 4.69) is 5.32 Å². The van der Waals surface area contributed by atoms with Gasteiger partial charge in [-0.2, -0.15) is 0 Å². The van der Waals surface area contributed by atoms with Gasteiger partial charge in [-0.1, -0.05) is 55.0 Å². The van der Waals surface area contributed by atoms with Gasteiger partial charge in [0.1, 0.15) is 6.04 Å². The Morgan fingerprint density at radius 2 is 1.66 bits per heavy atom. The Morgan fingerprint density at radius 1 is 1.03 bits per heavy atom. The quantitative estimate of drug-likeness (QED) is 0.772. The van der Waals surface area contributed by atoms with Crippen molar-refractivity contribution >= 4 is 23.7 Å². The van der Waals surface area contributed by atoms with E-state index in [-0.39, 0.29) is 0 Å². The predicted molar refractivity (Wildman–Crippen MR) is 107 cm³/mol. The molecule has 0 saturated carbocycles. The first-order chi connectivity index (χ1) is 13.8. The Labute approximate surface area is 169 Å². The first-order valence-electron chi connectivity index (χ1n) is 9.36. The van der Waals surface area contributed by atoms with Gasteiger partial charge >= 0.3 is 18.0 Å². The average Bonchev–Trinajstić information content (AvgIpc) is 3.03. The summed E-state index contributed by atoms with van der Waals surface area (Å²) < 4.78 is 4.95. The third-order valence-corrected chi connectivity index (χ3v) is 5.41. The number of benzene rings is 2. The van der Waals surface area contributed by atoms with E-state index in [1.165, 1.54) is 12.0 Å². The van der Waals surface area contributed by atoms with Gasteiger partial charge in [0.15, 0.2) is 0 Å². The number of aliphatic carboxylic acids is 1. The van der Waals surface area contributed by atoms with E-state index in [1.807, 2.05) is 25.1 Å². The van der Waals surface area contributed by atoms with Crippen molar-refractivity contribution in [2.75, 3.05) is 12.4 Å². The number of nitrogens with one attached hydrogen (secondary N) is 1. The van der Waals surface area contributed by atoms with Gasteiger partial charge < -0.3 is 20.1 Å². The maximum Gasteiger partial charge on any atom is 0.326 e. The van der Waals surface area contributed by atoms with Gasteiger partial charge in [-0.25, -0.2) is 9.59 Å². The van der Waals surface area contributed by atoms with Crippen LogP contribution in [0.1, 0.15) is 24.1 Å². The molecule has 1 aliphatic rings. The number of hydrogen-bond donors (Lipinski definition) is 2. The summed E-state index contributed by atoms with van der Waals surface area (Å²) in [5.74, 6) is -3.13. The zero-order valence-corrected chi connectivity index (χ0v) is 16.5. The van der Waals surface area contributed by atoms with Crippen molar-refractivity contribution in [2.45, 2.75) is 25.9 Å². The van der Waals surface area contributed by atoms with Crippen molar-refractivity contribution in [2.24, 2.45) is 11.8 Å². The molecule has 4 atom stereocenters. The number of rotatable bonds is 4. The summed E-state index contributed by atoms with van der Waals surface area (Å²) in [5, 5.41) is 12.6. The number of esters is 1. The number of carboxylic acids is 1. The molecule has 29 heavy (non-hydrogen) atoms. The van der Waals surface area contributed by atoms with E-state index < -0.39 is 41.9 Å². The summed E-state index contributed by atoms with van der Waals surface area (Å²) in [6.45, 7) is 3.59. The van der Waals surface area contributed by atoms with E-state index >= 15 is 0 Å². The molecule has 3 rings (SSSR count). The Kier molecular flexibility index (Phi) is 5.87. The number of nitrogens with zero attached hydrogens (tertiary/aromatic N) is 1. The van der Waals surface area contributed by atoms with Crippen LogP contribution in [-0.4, -0.2) is 41.1 Å². The zero-order chi connectivity index (χ0) is 21.1. The summed E-state index contributed by atoms with van der Waals surface area (Å²) in [4.78, 5) is 39.1. The van der Waals surface area contributed by atoms with Crippen LogP contribution in [-0.2, 0) is 14.3 Å². The molecule has 2 N–H and O–H groups in total. The highest BCUT2D eigenvalue weighted by atomic mass is 16.5. The van der Waals surface area contributed by atoms with Gasteiger partial charge in [0.05, 0.1) is 19.1 Å². The van der Waals surface area contributed by atoms with Crippen LogP contribution in [0.2, 0.25) is 0 Å². The fourth-order valence-electron chi connectivity index (χ4n) is 4.00. The standard InChI is InChI=1S/C22H24N2O5/c1-13-9-11-16(12-10-13)23-22(28)24-18(20(25)26)14(2)17(21(27)29-3)19(24)15-7-5-4-6-8-15/h4-12,14,17-19H,1-3H3,(H,23,28)(H,25,26). The number of urea groups is 1. The lowest BCUT2D eigenvalue weighted by Gasteiger charge is -2.30. The van der Waals surface area contributed by atoms with E-state index in [4.69, 9.17) is 4.74 Å². The number of carbonyl (C=O) groups is 3. The highest BCUT2D eigenvalue weighted by molar-refractivity contribution is 5.94. The molecule has 0 aliphatic carbocycles. The SMILES string of the molecule is COC(=O)C1C(C)C(C(=O)O)N(C(=O)Nc2ccc(C)cc2)C1c1ccccc1. The molecule has 0 aromatic heterocycles. The minimum absolute atomic E-state index is 0.539. The summed E-state index contributed by atoms with van der Waals surface area (Å²) in [6, 6.07) is 13.7. The van der Waals surface area contributed by atoms with Crippen molar-refractivity contribution in [1.82, 2.24) is 4.90 Å². The molecule has 1 fully saturated rings. The molecule has 1 saturated heterocycles. The van der Waals surface area contributed by atoms with Crippen molar-refractivity contribution < 1.29 is 24.2 Å². The number of carboxylic acid groups (broad SMARTS) is 1. The van der Waals surface area contributed by atoms with E-state index in [0.29, 0.717) is 11.3 Å². The minimum atomic E-state index is -1.17. The van der Waals surface area contributed by atoms with Gasteiger partial charge in [-0.15, -0.1) is 0 Å². The lowest BCUT2D eigenvalue weighted by atomic mass is 9.86. The predicted octanol–water partition coefficient (Wildman–Crippen LogP) is 3.46. The first kappa shape index (κ1) is 20.4. The van der Waals surface area contributed by atoms with E-state index in [9.17, 15) is 19.5 Å². The number of ether oxygens (including phenoxy) is 1. The second-order valence-corrected chi connectivity index (χ2v) is 7.25. The van der Waals surface area contributed by atoms with Gasteiger partial charge in [-0.05, 0) is 24.6 Å². The number of likely N-dealkylation sites (tertiary alicyclic amines) is 1. The fourth-order valence-corrected chi connectivity index (χ4v) is 4.00. The molecule has 4 unspecified atom stereocenters. The second-order valence-electron chi connectivity index (χ2n) is 7.25. The van der Waals surface area contributed by atoms with Crippen LogP contribution in [0, 0.1) is 18.8 Å². The summed E-state index contributed by atoms with van der Waals surface area (Å²) in [7, 11) is 1.27. The van der Waals surface area contributed by atoms with Crippen LogP contribution >= 0.6 is 0 Å². The summed E-state index contributed by atoms with van der Waals surface area (Å²) >= 11 is 0. The monoisotopic (exact) mass is 396 g/mol. The Hall–Kier alpha value is -3.35. The molecule has 1 aliphatic heterocycles. The van der Waals surface area contributed by atoms with Crippen molar-refractivity contribution in [3.05, 3.63) is 65.7 Å². The largest absolute Gasteiger partial charge is 0.480 e. The molecule has 0 radical (unpaired) electrons. The normalized spacial score (nSPS) is 23.5. The molecule has 0 spiro atoms. The maximum atomic E-state index is 13.2. The molecular weight excluding hydrogens is 372 g/mol. The van der Waals surface area contributed by atoms with Gasteiger partial charge in [0.2, 0.25) is 0 Å². The zero-order valence-electron chi connectivity index (χ0n) is 16.5. The van der Waals surface area contributed by atoms with Crippen LogP contribution in [0.15, 0.2) is 54.6 Å². The van der Waals surface area contributed by atoms with E-state index in [0.717, 1.165) is 5.56 Å². The Bertz CT molecular complexity index is 897. The minimum Gasteiger partial charge on any atom is -0.480 e. The van der Waals surface area contributed by atoms with Crippen molar-refractivity contribution in [1.29, 1.82) is 0 Å². The van der Waals surface area contributed by atoms with Crippen LogP contribution in [0.5, 0.6) is 0 Å². The summed E-state index contributed by atoms with van der Waals surface area (Å²) in [6.07, 6.45) is 0. The fraction of sp³-hybridized carbons (Fsp3) is 0.318. The van der Waals surface area contributed by atoms with Crippen LogP contribution in [0.4, 0.5) is 10.5 Å². The lowest BCUT2D eigenvalue weighted by Crippen LogP contribution is -2.45. The number of hydrogen-bond acceptors (Lipinski definition) is 4. The van der Waals surface area contributed by atoms with Crippen LogP contribution in [0.25, 0.3) is 0 Å². The summed E-state index contributed by atoms with van der Waals surface area (Å²) in [5.41, 5.74) is 2.26. The average molecular weight is 396 g/mol. The molecule has 2 amide bonds. The Morgan fingerprint density at radius 3 is 2.21 bits per heavy atom. The van der Waals surface area contributed by atoms with Crippen molar-refractivity contribution in [3.63, 3.8) is 0 Å². The molecule has 2 aromatic carbocycles. The maximum absolute atomic E-state index is 13.2. The Balaban J connectivity index is 2.05. The number of aryl methyl sites for hydroxylation is 1. The number of amides is 2. The number of carbonyl (C=O) groups excluding carboxylic acids is 2. The molecule has 1 heterocycles. The molecule has 2 aromatic rings. The molecule has 7 nitrogen and oxygen atoms in total.